The van der Waals surface area contributed by atoms with E-state index in [1.54, 1.807) is 0 Å². The van der Waals surface area contributed by atoms with Gasteiger partial charge in [0.15, 0.2) is 0 Å². The van der Waals surface area contributed by atoms with E-state index in [0.717, 1.165) is 35.5 Å². The largest absolute Gasteiger partial charge is 0.348 e. The van der Waals surface area contributed by atoms with Crippen LogP contribution in [0.3, 0.4) is 0 Å². The molecule has 2 aromatic rings. The van der Waals surface area contributed by atoms with E-state index in [2.05, 4.69) is 62.5 Å². The monoisotopic (exact) mass is 345 g/mol. The van der Waals surface area contributed by atoms with Crippen LogP contribution < -0.4 is 10.2 Å². The van der Waals surface area contributed by atoms with Crippen LogP contribution in [0.25, 0.3) is 0 Å². The van der Waals surface area contributed by atoms with Gasteiger partial charge in [-0.15, -0.1) is 0 Å². The number of likely N-dealkylation sites (N-methyl/N-ethyl adjacent to an activating group) is 1. The van der Waals surface area contributed by atoms with E-state index in [9.17, 15) is 0 Å². The van der Waals surface area contributed by atoms with E-state index in [1.165, 1.54) is 11.1 Å². The number of aromatic nitrogens is 1. The van der Waals surface area contributed by atoms with Crippen LogP contribution in [0.5, 0.6) is 0 Å². The highest BCUT2D eigenvalue weighted by Crippen LogP contribution is 2.28. The maximum absolute atomic E-state index is 4.75. The maximum atomic E-state index is 4.75. The summed E-state index contributed by atoms with van der Waals surface area (Å²) in [6.45, 7) is 3.93. The number of hydrogen-bond donors (Lipinski definition) is 1. The highest BCUT2D eigenvalue weighted by Gasteiger charge is 2.26. The van der Waals surface area contributed by atoms with E-state index in [4.69, 9.17) is 4.98 Å². The Kier molecular flexibility index (Phi) is 4.27. The second kappa shape index (κ2) is 6.16. The quantitative estimate of drug-likeness (QED) is 0.924. The first kappa shape index (κ1) is 14.5. The lowest BCUT2D eigenvalue weighted by Gasteiger charge is -2.38. The highest BCUT2D eigenvalue weighted by atomic mass is 79.9. The summed E-state index contributed by atoms with van der Waals surface area (Å²) in [6.07, 6.45) is 1.06. The number of pyridine rings is 1. The van der Waals surface area contributed by atoms with Gasteiger partial charge >= 0.3 is 0 Å². The molecule has 0 bridgehead atoms. The number of hydrogen-bond acceptors (Lipinski definition) is 3. The topological polar surface area (TPSA) is 28.2 Å². The summed E-state index contributed by atoms with van der Waals surface area (Å²) < 4.78 is 1.06. The Balaban J connectivity index is 1.96. The van der Waals surface area contributed by atoms with E-state index in [-0.39, 0.29) is 0 Å². The van der Waals surface area contributed by atoms with Gasteiger partial charge < -0.3 is 10.2 Å². The van der Waals surface area contributed by atoms with Crippen molar-refractivity contribution in [3.05, 3.63) is 57.7 Å². The molecule has 110 valence electrons. The summed E-state index contributed by atoms with van der Waals surface area (Å²) in [7, 11) is 2.01. The van der Waals surface area contributed by atoms with Crippen LogP contribution in [-0.4, -0.2) is 24.6 Å². The van der Waals surface area contributed by atoms with Crippen molar-refractivity contribution in [2.24, 2.45) is 0 Å². The van der Waals surface area contributed by atoms with Gasteiger partial charge in [0.2, 0.25) is 0 Å². The molecule has 3 rings (SSSR count). The van der Waals surface area contributed by atoms with Gasteiger partial charge in [0.05, 0.1) is 5.69 Å². The van der Waals surface area contributed by atoms with Gasteiger partial charge in [-0.25, -0.2) is 4.98 Å². The van der Waals surface area contributed by atoms with Crippen molar-refractivity contribution in [2.45, 2.75) is 25.9 Å². The van der Waals surface area contributed by atoms with E-state index in [0.29, 0.717) is 6.04 Å². The number of anilines is 1. The number of aryl methyl sites for hydroxylation is 1. The molecule has 1 atom stereocenters. The summed E-state index contributed by atoms with van der Waals surface area (Å²) >= 11 is 3.53. The third-order valence-corrected chi connectivity index (χ3v) is 4.93. The predicted molar refractivity (Wildman–Crippen MR) is 90.7 cm³/mol. The van der Waals surface area contributed by atoms with Crippen LogP contribution in [0.2, 0.25) is 0 Å². The second-order valence-electron chi connectivity index (χ2n) is 5.55. The minimum absolute atomic E-state index is 0.443. The Morgan fingerprint density at radius 2 is 2.00 bits per heavy atom. The van der Waals surface area contributed by atoms with Gasteiger partial charge in [0.1, 0.15) is 5.82 Å². The van der Waals surface area contributed by atoms with Gasteiger partial charge in [0.25, 0.3) is 0 Å². The maximum Gasteiger partial charge on any atom is 0.129 e. The second-order valence-corrected chi connectivity index (χ2v) is 6.40. The number of rotatable bonds is 3. The molecule has 21 heavy (non-hydrogen) atoms. The zero-order valence-electron chi connectivity index (χ0n) is 12.4. The molecule has 1 aromatic carbocycles. The number of nitrogens with zero attached hydrogens (tertiary/aromatic N) is 2. The molecule has 0 radical (unpaired) electrons. The summed E-state index contributed by atoms with van der Waals surface area (Å²) in [5.41, 5.74) is 3.91. The minimum Gasteiger partial charge on any atom is -0.348 e. The average molecular weight is 346 g/mol. The van der Waals surface area contributed by atoms with Gasteiger partial charge in [-0.2, -0.15) is 0 Å². The Labute approximate surface area is 134 Å². The molecule has 2 heterocycles. The van der Waals surface area contributed by atoms with E-state index >= 15 is 0 Å². The van der Waals surface area contributed by atoms with Crippen molar-refractivity contribution >= 4 is 21.7 Å². The summed E-state index contributed by atoms with van der Waals surface area (Å²) in [6, 6.07) is 13.4. The van der Waals surface area contributed by atoms with Crippen LogP contribution in [-0.2, 0) is 13.0 Å². The fourth-order valence-corrected chi connectivity index (χ4v) is 3.19. The first-order valence-corrected chi connectivity index (χ1v) is 8.09. The number of halogens is 1. The van der Waals surface area contributed by atoms with Crippen molar-refractivity contribution in [1.29, 1.82) is 0 Å². The number of benzene rings is 1. The molecular weight excluding hydrogens is 326 g/mol. The normalized spacial score (nSPS) is 17.7. The Bertz CT molecular complexity index is 642. The van der Waals surface area contributed by atoms with Crippen LogP contribution >= 0.6 is 15.9 Å². The van der Waals surface area contributed by atoms with Gasteiger partial charge in [-0.3, -0.25) is 0 Å². The van der Waals surface area contributed by atoms with Crippen molar-refractivity contribution < 1.29 is 0 Å². The Hall–Kier alpha value is -1.39. The van der Waals surface area contributed by atoms with Gasteiger partial charge in [-0.05, 0) is 59.6 Å². The van der Waals surface area contributed by atoms with Crippen LogP contribution in [0.15, 0.2) is 40.9 Å². The highest BCUT2D eigenvalue weighted by molar-refractivity contribution is 9.10. The number of fused-ring (bicyclic) bond motifs is 1. The van der Waals surface area contributed by atoms with Crippen molar-refractivity contribution in [2.75, 3.05) is 18.5 Å². The lowest BCUT2D eigenvalue weighted by Crippen LogP contribution is -2.46. The number of nitrogens with one attached hydrogen (secondary N) is 1. The SMILES string of the molecule is CNCC1Cc2ccccc2CN1c1ccc(Br)c(C)n1. The molecule has 0 fully saturated rings. The van der Waals surface area contributed by atoms with Crippen molar-refractivity contribution in [3.8, 4) is 0 Å². The Morgan fingerprint density at radius 3 is 2.71 bits per heavy atom. The molecule has 0 saturated heterocycles. The van der Waals surface area contributed by atoms with E-state index < -0.39 is 0 Å². The fourth-order valence-electron chi connectivity index (χ4n) is 2.96. The van der Waals surface area contributed by atoms with E-state index in [1.807, 2.05) is 14.0 Å². The molecule has 4 heteroatoms. The molecule has 1 aliphatic rings. The lowest BCUT2D eigenvalue weighted by molar-refractivity contribution is 0.523. The molecule has 0 saturated carbocycles. The average Bonchev–Trinajstić information content (AvgIpc) is 2.50. The fraction of sp³-hybridized carbons (Fsp3) is 0.353. The predicted octanol–water partition coefficient (Wildman–Crippen LogP) is 3.30. The van der Waals surface area contributed by atoms with Crippen LogP contribution in [0.4, 0.5) is 5.82 Å². The third kappa shape index (κ3) is 2.97. The Morgan fingerprint density at radius 1 is 1.24 bits per heavy atom. The molecule has 1 aliphatic heterocycles. The van der Waals surface area contributed by atoms with Crippen molar-refractivity contribution in [1.82, 2.24) is 10.3 Å². The minimum atomic E-state index is 0.443. The smallest absolute Gasteiger partial charge is 0.129 e. The first-order chi connectivity index (χ1) is 10.2. The molecule has 1 unspecified atom stereocenters. The summed E-state index contributed by atoms with van der Waals surface area (Å²) in [4.78, 5) is 7.17. The molecule has 3 nitrogen and oxygen atoms in total. The van der Waals surface area contributed by atoms with Gasteiger partial charge in [0, 0.05) is 23.6 Å². The summed E-state index contributed by atoms with van der Waals surface area (Å²) in [5, 5.41) is 3.32. The first-order valence-electron chi connectivity index (χ1n) is 7.30. The zero-order valence-corrected chi connectivity index (χ0v) is 14.0. The standard InChI is InChI=1S/C17H20BrN3/c1-12-16(18)7-8-17(20-12)21-11-14-6-4-3-5-13(14)9-15(21)10-19-2/h3-8,15,19H,9-11H2,1-2H3. The molecule has 1 aromatic heterocycles. The summed E-state index contributed by atoms with van der Waals surface area (Å²) in [5.74, 6) is 1.06. The zero-order chi connectivity index (χ0) is 14.8. The molecule has 0 spiro atoms. The molecule has 0 amide bonds. The lowest BCUT2D eigenvalue weighted by atomic mass is 9.94. The van der Waals surface area contributed by atoms with Gasteiger partial charge in [-0.1, -0.05) is 24.3 Å². The van der Waals surface area contributed by atoms with Crippen molar-refractivity contribution in [3.63, 3.8) is 0 Å². The van der Waals surface area contributed by atoms with Crippen LogP contribution in [0.1, 0.15) is 16.8 Å². The molecule has 0 aliphatic carbocycles. The molecular formula is C17H20BrN3. The van der Waals surface area contributed by atoms with Crippen LogP contribution in [0, 0.1) is 6.92 Å². The molecule has 1 N–H and O–H groups in total. The third-order valence-electron chi connectivity index (χ3n) is 4.10.